The summed E-state index contributed by atoms with van der Waals surface area (Å²) in [5, 5.41) is 2.90. The van der Waals surface area contributed by atoms with Crippen LogP contribution in [0.5, 0.6) is 0 Å². The number of anilines is 1. The molecule has 106 valence electrons. The van der Waals surface area contributed by atoms with Crippen LogP contribution in [0.15, 0.2) is 18.2 Å². The molecule has 0 spiro atoms. The molecule has 0 fully saturated rings. The fourth-order valence-electron chi connectivity index (χ4n) is 1.81. The highest BCUT2D eigenvalue weighted by molar-refractivity contribution is 5.99. The van der Waals surface area contributed by atoms with Crippen LogP contribution >= 0.6 is 0 Å². The van der Waals surface area contributed by atoms with Crippen molar-refractivity contribution in [3.8, 4) is 0 Å². The number of para-hydroxylation sites is 1. The van der Waals surface area contributed by atoms with Crippen LogP contribution in [-0.4, -0.2) is 44.7 Å². The van der Waals surface area contributed by atoms with Gasteiger partial charge in [-0.3, -0.25) is 4.79 Å². The van der Waals surface area contributed by atoms with Crippen LogP contribution in [0.2, 0.25) is 0 Å². The number of carbonyl (C=O) groups excluding carboxylic acids is 1. The quantitative estimate of drug-likeness (QED) is 0.772. The minimum Gasteiger partial charge on any atom is -0.385 e. The molecule has 1 aromatic rings. The van der Waals surface area contributed by atoms with Crippen molar-refractivity contribution in [1.82, 2.24) is 4.90 Å². The predicted octanol–water partition coefficient (Wildman–Crippen LogP) is 2.37. The molecular weight excluding hydrogens is 247 g/mol. The number of nitrogens with zero attached hydrogens (tertiary/aromatic N) is 1. The minimum absolute atomic E-state index is 0.188. The summed E-state index contributed by atoms with van der Waals surface area (Å²) in [6.07, 6.45) is 0.755. The lowest BCUT2D eigenvalue weighted by Gasteiger charge is -2.19. The Morgan fingerprint density at radius 2 is 2.21 bits per heavy atom. The van der Waals surface area contributed by atoms with Gasteiger partial charge >= 0.3 is 0 Å². The van der Waals surface area contributed by atoms with Crippen molar-refractivity contribution >= 4 is 11.6 Å². The zero-order chi connectivity index (χ0) is 14.3. The van der Waals surface area contributed by atoms with Gasteiger partial charge in [-0.2, -0.15) is 0 Å². The first-order valence-electron chi connectivity index (χ1n) is 6.38. The molecule has 1 aromatic carbocycles. The average molecular weight is 268 g/mol. The maximum atomic E-state index is 13.7. The largest absolute Gasteiger partial charge is 0.385 e. The van der Waals surface area contributed by atoms with E-state index < -0.39 is 5.82 Å². The predicted molar refractivity (Wildman–Crippen MR) is 74.0 cm³/mol. The second kappa shape index (κ2) is 7.74. The van der Waals surface area contributed by atoms with Gasteiger partial charge in [-0.05, 0) is 25.5 Å². The van der Waals surface area contributed by atoms with Crippen molar-refractivity contribution in [3.63, 3.8) is 0 Å². The number of nitrogens with one attached hydrogen (secondary N) is 1. The number of carbonyl (C=O) groups is 1. The molecular formula is C14H21FN2O2. The van der Waals surface area contributed by atoms with Crippen molar-refractivity contribution in [2.45, 2.75) is 13.3 Å². The summed E-state index contributed by atoms with van der Waals surface area (Å²) in [4.78, 5) is 13.8. The van der Waals surface area contributed by atoms with E-state index in [1.54, 1.807) is 31.2 Å². The minimum atomic E-state index is -0.405. The maximum absolute atomic E-state index is 13.7. The van der Waals surface area contributed by atoms with Gasteiger partial charge in [0.15, 0.2) is 0 Å². The Morgan fingerprint density at radius 3 is 2.84 bits per heavy atom. The zero-order valence-electron chi connectivity index (χ0n) is 11.7. The van der Waals surface area contributed by atoms with Gasteiger partial charge in [0.1, 0.15) is 5.82 Å². The number of hydrogen-bond donors (Lipinski definition) is 1. The van der Waals surface area contributed by atoms with E-state index in [2.05, 4.69) is 5.32 Å². The summed E-state index contributed by atoms with van der Waals surface area (Å²) in [5.41, 5.74) is 0.635. The van der Waals surface area contributed by atoms with E-state index in [9.17, 15) is 9.18 Å². The number of rotatable bonds is 7. The van der Waals surface area contributed by atoms with E-state index in [0.29, 0.717) is 25.3 Å². The number of benzene rings is 1. The van der Waals surface area contributed by atoms with Crippen molar-refractivity contribution in [2.75, 3.05) is 39.2 Å². The first kappa shape index (κ1) is 15.4. The summed E-state index contributed by atoms with van der Waals surface area (Å²) in [5.74, 6) is -0.593. The standard InChI is InChI=1S/C14H21FN2O2/c1-4-16-13-11(7-5-8-12(13)15)14(18)17(2)9-6-10-19-3/h5,7-8,16H,4,6,9-10H2,1-3H3. The monoisotopic (exact) mass is 268 g/mol. The van der Waals surface area contributed by atoms with E-state index in [4.69, 9.17) is 4.74 Å². The van der Waals surface area contributed by atoms with Crippen LogP contribution in [0.1, 0.15) is 23.7 Å². The Hall–Kier alpha value is -1.62. The molecule has 1 amide bonds. The third-order valence-electron chi connectivity index (χ3n) is 2.79. The molecule has 19 heavy (non-hydrogen) atoms. The number of amides is 1. The van der Waals surface area contributed by atoms with Gasteiger partial charge < -0.3 is 15.0 Å². The molecule has 0 aliphatic carbocycles. The van der Waals surface area contributed by atoms with E-state index in [1.165, 1.54) is 6.07 Å². The molecule has 0 unspecified atom stereocenters. The molecule has 5 heteroatoms. The van der Waals surface area contributed by atoms with Crippen molar-refractivity contribution in [2.24, 2.45) is 0 Å². The first-order valence-corrected chi connectivity index (χ1v) is 6.38. The van der Waals surface area contributed by atoms with E-state index in [-0.39, 0.29) is 11.6 Å². The first-order chi connectivity index (χ1) is 9.11. The molecule has 0 saturated carbocycles. The van der Waals surface area contributed by atoms with Crippen LogP contribution in [0.25, 0.3) is 0 Å². The maximum Gasteiger partial charge on any atom is 0.255 e. The summed E-state index contributed by atoms with van der Waals surface area (Å²) in [7, 11) is 3.33. The molecule has 0 heterocycles. The summed E-state index contributed by atoms with van der Waals surface area (Å²) >= 11 is 0. The van der Waals surface area contributed by atoms with E-state index in [1.807, 2.05) is 6.92 Å². The third kappa shape index (κ3) is 4.21. The van der Waals surface area contributed by atoms with Gasteiger partial charge in [-0.15, -0.1) is 0 Å². The Balaban J connectivity index is 2.83. The molecule has 0 radical (unpaired) electrons. The topological polar surface area (TPSA) is 41.6 Å². The van der Waals surface area contributed by atoms with Gasteiger partial charge in [0, 0.05) is 33.9 Å². The molecule has 4 nitrogen and oxygen atoms in total. The molecule has 0 bridgehead atoms. The second-order valence-electron chi connectivity index (χ2n) is 4.27. The number of methoxy groups -OCH3 is 1. The number of ether oxygens (including phenoxy) is 1. The highest BCUT2D eigenvalue weighted by Gasteiger charge is 2.17. The Bertz CT molecular complexity index is 424. The molecule has 0 saturated heterocycles. The van der Waals surface area contributed by atoms with Gasteiger partial charge in [-0.25, -0.2) is 4.39 Å². The fourth-order valence-corrected chi connectivity index (χ4v) is 1.81. The van der Waals surface area contributed by atoms with Crippen LogP contribution in [0.3, 0.4) is 0 Å². The Morgan fingerprint density at radius 1 is 1.47 bits per heavy atom. The van der Waals surface area contributed by atoms with Crippen LogP contribution in [0, 0.1) is 5.82 Å². The lowest BCUT2D eigenvalue weighted by molar-refractivity contribution is 0.0780. The van der Waals surface area contributed by atoms with Crippen LogP contribution in [-0.2, 0) is 4.74 Å². The Kier molecular flexibility index (Phi) is 6.29. The molecule has 1 N–H and O–H groups in total. The second-order valence-corrected chi connectivity index (χ2v) is 4.27. The van der Waals surface area contributed by atoms with Gasteiger partial charge in [0.25, 0.3) is 5.91 Å². The van der Waals surface area contributed by atoms with Gasteiger partial charge in [0.2, 0.25) is 0 Å². The van der Waals surface area contributed by atoms with Gasteiger partial charge in [-0.1, -0.05) is 6.07 Å². The third-order valence-corrected chi connectivity index (χ3v) is 2.79. The lowest BCUT2D eigenvalue weighted by atomic mass is 10.1. The molecule has 0 atom stereocenters. The lowest BCUT2D eigenvalue weighted by Crippen LogP contribution is -2.29. The SMILES string of the molecule is CCNc1c(F)cccc1C(=O)N(C)CCCOC. The normalized spacial score (nSPS) is 10.3. The van der Waals surface area contributed by atoms with E-state index >= 15 is 0 Å². The average Bonchev–Trinajstić information content (AvgIpc) is 2.40. The summed E-state index contributed by atoms with van der Waals surface area (Å²) < 4.78 is 18.7. The highest BCUT2D eigenvalue weighted by Crippen LogP contribution is 2.21. The summed E-state index contributed by atoms with van der Waals surface area (Å²) in [6, 6.07) is 4.53. The van der Waals surface area contributed by atoms with Crippen LogP contribution in [0.4, 0.5) is 10.1 Å². The zero-order valence-corrected chi connectivity index (χ0v) is 11.7. The van der Waals surface area contributed by atoms with Crippen molar-refractivity contribution in [1.29, 1.82) is 0 Å². The van der Waals surface area contributed by atoms with Gasteiger partial charge in [0.05, 0.1) is 11.3 Å². The van der Waals surface area contributed by atoms with E-state index in [0.717, 1.165) is 6.42 Å². The fraction of sp³-hybridized carbons (Fsp3) is 0.500. The van der Waals surface area contributed by atoms with Crippen molar-refractivity contribution in [3.05, 3.63) is 29.6 Å². The molecule has 0 aliphatic heterocycles. The Labute approximate surface area is 113 Å². The number of hydrogen-bond acceptors (Lipinski definition) is 3. The van der Waals surface area contributed by atoms with Crippen LogP contribution < -0.4 is 5.32 Å². The van der Waals surface area contributed by atoms with Crippen molar-refractivity contribution < 1.29 is 13.9 Å². The molecule has 0 aliphatic rings. The number of halogens is 1. The molecule has 1 rings (SSSR count). The summed E-state index contributed by atoms with van der Waals surface area (Å²) in [6.45, 7) is 3.60. The highest BCUT2D eigenvalue weighted by atomic mass is 19.1. The molecule has 0 aromatic heterocycles. The smallest absolute Gasteiger partial charge is 0.255 e.